The monoisotopic (exact) mass is 573 g/mol. The van der Waals surface area contributed by atoms with E-state index in [0.29, 0.717) is 28.8 Å². The summed E-state index contributed by atoms with van der Waals surface area (Å²) >= 11 is 12.4. The summed E-state index contributed by atoms with van der Waals surface area (Å²) in [7, 11) is -4.54. The predicted octanol–water partition coefficient (Wildman–Crippen LogP) is 7.47. The number of nitrogens with zero attached hydrogens (tertiary/aromatic N) is 2. The number of anilines is 1. The number of amides is 1. The van der Waals surface area contributed by atoms with E-state index in [1.807, 2.05) is 6.92 Å². The zero-order chi connectivity index (χ0) is 27.6. The summed E-state index contributed by atoms with van der Waals surface area (Å²) in [5.41, 5.74) is 0.545. The van der Waals surface area contributed by atoms with Gasteiger partial charge in [0.15, 0.2) is 5.75 Å². The lowest BCUT2D eigenvalue weighted by Gasteiger charge is -2.13. The number of phenols is 1. The number of carbonyl (C=O) groups is 1. The molecule has 0 unspecified atom stereocenters. The van der Waals surface area contributed by atoms with Crippen LogP contribution in [-0.2, 0) is 10.1 Å². The van der Waals surface area contributed by atoms with Crippen LogP contribution in [-0.4, -0.2) is 30.6 Å². The number of ether oxygens (including phenoxy) is 1. The highest BCUT2D eigenvalue weighted by molar-refractivity contribution is 7.86. The minimum Gasteiger partial charge on any atom is -0.505 e. The Labute approximate surface area is 228 Å². The molecule has 4 aromatic carbocycles. The maximum absolute atomic E-state index is 13.2. The van der Waals surface area contributed by atoms with Crippen molar-refractivity contribution in [2.24, 2.45) is 10.2 Å². The van der Waals surface area contributed by atoms with Gasteiger partial charge in [-0.25, -0.2) is 0 Å². The first-order valence-corrected chi connectivity index (χ1v) is 13.4. The topological polar surface area (TPSA) is 138 Å². The highest BCUT2D eigenvalue weighted by atomic mass is 35.5. The molecule has 0 aliphatic rings. The summed E-state index contributed by atoms with van der Waals surface area (Å²) in [6, 6.07) is 16.0. The molecule has 0 saturated heterocycles. The third-order valence-corrected chi connectivity index (χ3v) is 7.35. The highest BCUT2D eigenvalue weighted by Gasteiger charge is 2.21. The van der Waals surface area contributed by atoms with E-state index < -0.39 is 26.7 Å². The van der Waals surface area contributed by atoms with Gasteiger partial charge in [-0.05, 0) is 55.1 Å². The Morgan fingerprint density at radius 1 is 1.05 bits per heavy atom. The second-order valence-electron chi connectivity index (χ2n) is 8.10. The number of carbonyl (C=O) groups excluding carboxylic acids is 1. The summed E-state index contributed by atoms with van der Waals surface area (Å²) in [6.07, 6.45) is 0. The molecule has 0 bridgehead atoms. The van der Waals surface area contributed by atoms with Crippen LogP contribution >= 0.6 is 23.2 Å². The van der Waals surface area contributed by atoms with E-state index >= 15 is 0 Å². The van der Waals surface area contributed by atoms with Crippen LogP contribution in [0.5, 0.6) is 11.5 Å². The van der Waals surface area contributed by atoms with Gasteiger partial charge in [-0.3, -0.25) is 9.35 Å². The van der Waals surface area contributed by atoms with Crippen LogP contribution < -0.4 is 10.1 Å². The molecule has 0 fully saturated rings. The maximum atomic E-state index is 13.2. The fourth-order valence-corrected chi connectivity index (χ4v) is 5.41. The first-order valence-electron chi connectivity index (χ1n) is 11.2. The third kappa shape index (κ3) is 5.58. The van der Waals surface area contributed by atoms with Gasteiger partial charge < -0.3 is 15.2 Å². The summed E-state index contributed by atoms with van der Waals surface area (Å²) in [6.45, 7) is 3.64. The Morgan fingerprint density at radius 3 is 2.47 bits per heavy atom. The van der Waals surface area contributed by atoms with Crippen molar-refractivity contribution in [3.8, 4) is 11.5 Å². The van der Waals surface area contributed by atoms with Crippen LogP contribution in [0.2, 0.25) is 10.0 Å². The Bertz CT molecular complexity index is 1680. The Morgan fingerprint density at radius 2 is 1.79 bits per heavy atom. The smallest absolute Gasteiger partial charge is 0.296 e. The second kappa shape index (κ2) is 11.0. The number of rotatable bonds is 7. The third-order valence-electron chi connectivity index (χ3n) is 5.49. The summed E-state index contributed by atoms with van der Waals surface area (Å²) in [4.78, 5) is 12.8. The van der Waals surface area contributed by atoms with Gasteiger partial charge >= 0.3 is 0 Å². The fraction of sp³-hybridized carbons (Fsp3) is 0.115. The molecule has 38 heavy (non-hydrogen) atoms. The van der Waals surface area contributed by atoms with Crippen LogP contribution in [0, 0.1) is 6.92 Å². The Balaban J connectivity index is 1.77. The molecule has 0 aliphatic carbocycles. The zero-order valence-corrected chi connectivity index (χ0v) is 22.4. The average Bonchev–Trinajstić information content (AvgIpc) is 2.84. The molecular formula is C26H21Cl2N3O6S. The van der Waals surface area contributed by atoms with Gasteiger partial charge in [0.05, 0.1) is 28.6 Å². The van der Waals surface area contributed by atoms with Gasteiger partial charge in [0, 0.05) is 5.39 Å². The van der Waals surface area contributed by atoms with Crippen molar-refractivity contribution in [2.45, 2.75) is 18.7 Å². The number of aryl methyl sites for hydroxylation is 1. The van der Waals surface area contributed by atoms with Crippen molar-refractivity contribution >= 4 is 67.1 Å². The minimum absolute atomic E-state index is 0.00930. The van der Waals surface area contributed by atoms with Gasteiger partial charge in [0.2, 0.25) is 0 Å². The van der Waals surface area contributed by atoms with Crippen LogP contribution in [0.15, 0.2) is 75.8 Å². The van der Waals surface area contributed by atoms with Gasteiger partial charge in [0.1, 0.15) is 21.4 Å². The van der Waals surface area contributed by atoms with E-state index in [-0.39, 0.29) is 32.5 Å². The normalized spacial score (nSPS) is 11.7. The predicted molar refractivity (Wildman–Crippen MR) is 146 cm³/mol. The Hall–Kier alpha value is -3.70. The molecule has 0 saturated carbocycles. The molecule has 0 radical (unpaired) electrons. The largest absolute Gasteiger partial charge is 0.505 e. The van der Waals surface area contributed by atoms with Gasteiger partial charge in [-0.1, -0.05) is 53.5 Å². The van der Waals surface area contributed by atoms with Crippen LogP contribution in [0.4, 0.5) is 17.1 Å². The highest BCUT2D eigenvalue weighted by Crippen LogP contribution is 2.41. The molecule has 4 rings (SSSR count). The molecule has 0 atom stereocenters. The van der Waals surface area contributed by atoms with Gasteiger partial charge in [-0.15, -0.1) is 5.11 Å². The number of benzene rings is 4. The van der Waals surface area contributed by atoms with E-state index in [4.69, 9.17) is 27.9 Å². The molecule has 0 aliphatic heterocycles. The van der Waals surface area contributed by atoms with E-state index in [1.54, 1.807) is 42.5 Å². The van der Waals surface area contributed by atoms with Gasteiger partial charge in [-0.2, -0.15) is 13.5 Å². The lowest BCUT2D eigenvalue weighted by atomic mass is 10.0. The maximum Gasteiger partial charge on any atom is 0.296 e. The molecule has 4 aromatic rings. The van der Waals surface area contributed by atoms with Crippen LogP contribution in [0.25, 0.3) is 10.8 Å². The molecule has 12 heteroatoms. The molecule has 0 aromatic heterocycles. The van der Waals surface area contributed by atoms with Gasteiger partial charge in [0.25, 0.3) is 16.0 Å². The number of fused-ring (bicyclic) bond motifs is 1. The minimum atomic E-state index is -4.54. The van der Waals surface area contributed by atoms with E-state index in [9.17, 15) is 22.9 Å². The number of nitrogens with one attached hydrogen (secondary N) is 1. The van der Waals surface area contributed by atoms with E-state index in [2.05, 4.69) is 15.5 Å². The number of azo groups is 1. The number of hydrogen-bond donors (Lipinski definition) is 3. The Kier molecular flexibility index (Phi) is 7.89. The SMILES string of the molecule is CCOc1cccc(NC(=O)c2cc3ccccc3c(N=Nc3cc(C)c(S(=O)(=O)O)c(Cl)c3)c2O)c1Cl. The average molecular weight is 574 g/mol. The van der Waals surface area contributed by atoms with Crippen molar-refractivity contribution in [3.05, 3.63) is 81.8 Å². The summed E-state index contributed by atoms with van der Waals surface area (Å²) < 4.78 is 38.0. The standard InChI is InChI=1S/C26H21Cl2N3O6S/c1-3-37-21-10-6-9-20(22(21)28)29-26(33)18-12-15-7-4-5-8-17(15)23(24(18)32)31-30-16-11-14(2)25(19(27)13-16)38(34,35)36/h4-13,32H,3H2,1-2H3,(H,29,33)(H,34,35,36). The number of aromatic hydroxyl groups is 1. The van der Waals surface area contributed by atoms with Crippen LogP contribution in [0.3, 0.4) is 0 Å². The number of halogens is 2. The van der Waals surface area contributed by atoms with Crippen molar-refractivity contribution in [2.75, 3.05) is 11.9 Å². The van der Waals surface area contributed by atoms with Crippen molar-refractivity contribution in [1.82, 2.24) is 0 Å². The quantitative estimate of drug-likeness (QED) is 0.155. The van der Waals surface area contributed by atoms with Crippen LogP contribution in [0.1, 0.15) is 22.8 Å². The molecule has 1 amide bonds. The number of phenolic OH excluding ortho intramolecular Hbond substituents is 1. The molecular weight excluding hydrogens is 553 g/mol. The van der Waals surface area contributed by atoms with E-state index in [1.165, 1.54) is 25.1 Å². The van der Waals surface area contributed by atoms with Crippen molar-refractivity contribution in [1.29, 1.82) is 0 Å². The summed E-state index contributed by atoms with van der Waals surface area (Å²) in [5.74, 6) is -0.672. The second-order valence-corrected chi connectivity index (χ2v) is 10.2. The van der Waals surface area contributed by atoms with Crippen molar-refractivity contribution in [3.63, 3.8) is 0 Å². The van der Waals surface area contributed by atoms with E-state index in [0.717, 1.165) is 0 Å². The molecule has 0 spiro atoms. The first-order chi connectivity index (χ1) is 18.0. The molecule has 9 nitrogen and oxygen atoms in total. The van der Waals surface area contributed by atoms with Crippen molar-refractivity contribution < 1.29 is 27.6 Å². The fourth-order valence-electron chi connectivity index (χ4n) is 3.86. The number of hydrogen-bond acceptors (Lipinski definition) is 7. The zero-order valence-electron chi connectivity index (χ0n) is 20.1. The molecule has 3 N–H and O–H groups in total. The lowest BCUT2D eigenvalue weighted by Crippen LogP contribution is -2.13. The first kappa shape index (κ1) is 27.3. The lowest BCUT2D eigenvalue weighted by molar-refractivity contribution is 0.102. The summed E-state index contributed by atoms with van der Waals surface area (Å²) in [5, 5.41) is 23.1. The molecule has 196 valence electrons. The molecule has 0 heterocycles.